The van der Waals surface area contributed by atoms with Crippen LogP contribution in [0.3, 0.4) is 0 Å². The molecule has 19 heavy (non-hydrogen) atoms. The molecule has 0 aliphatic carbocycles. The van der Waals surface area contributed by atoms with E-state index in [1.165, 1.54) is 6.92 Å². The van der Waals surface area contributed by atoms with Crippen molar-refractivity contribution in [2.75, 3.05) is 11.3 Å². The topological polar surface area (TPSA) is 72.5 Å². The number of nitrogens with one attached hydrogen (secondary N) is 1. The molecule has 6 heteroatoms. The van der Waals surface area contributed by atoms with Crippen LogP contribution in [0.1, 0.15) is 25.0 Å². The van der Waals surface area contributed by atoms with Crippen LogP contribution in [0.15, 0.2) is 18.2 Å². The lowest BCUT2D eigenvalue weighted by Crippen LogP contribution is -2.34. The van der Waals surface area contributed by atoms with Gasteiger partial charge in [-0.15, -0.1) is 0 Å². The van der Waals surface area contributed by atoms with E-state index >= 15 is 0 Å². The number of anilines is 1. The zero-order valence-corrected chi connectivity index (χ0v) is 12.4. The molecule has 0 spiro atoms. The van der Waals surface area contributed by atoms with Crippen LogP contribution in [-0.2, 0) is 19.6 Å². The number of hydrogen-bond donors (Lipinski definition) is 1. The summed E-state index contributed by atoms with van der Waals surface area (Å²) in [6, 6.07) is 5.46. The summed E-state index contributed by atoms with van der Waals surface area (Å²) in [7, 11) is -3.80. The van der Waals surface area contributed by atoms with Crippen molar-refractivity contribution in [2.45, 2.75) is 32.9 Å². The largest absolute Gasteiger partial charge is 0.465 e. The van der Waals surface area contributed by atoms with Crippen LogP contribution in [0.4, 0.5) is 5.69 Å². The van der Waals surface area contributed by atoms with Crippen molar-refractivity contribution in [1.82, 2.24) is 0 Å². The van der Waals surface area contributed by atoms with Crippen LogP contribution in [0.2, 0.25) is 0 Å². The van der Waals surface area contributed by atoms with Gasteiger partial charge < -0.3 is 4.74 Å². The molecule has 0 aliphatic heterocycles. The molecular weight excluding hydrogens is 266 g/mol. The normalized spacial score (nSPS) is 12.8. The second-order valence-corrected chi connectivity index (χ2v) is 6.31. The Morgan fingerprint density at radius 3 is 2.32 bits per heavy atom. The maximum atomic E-state index is 12.1. The molecule has 0 saturated heterocycles. The van der Waals surface area contributed by atoms with Gasteiger partial charge in [0.15, 0.2) is 5.25 Å². The van der Waals surface area contributed by atoms with Gasteiger partial charge in [0.1, 0.15) is 0 Å². The zero-order chi connectivity index (χ0) is 14.6. The number of esters is 1. The van der Waals surface area contributed by atoms with E-state index < -0.39 is 21.2 Å². The molecule has 0 heterocycles. The first-order valence-corrected chi connectivity index (χ1v) is 7.58. The maximum absolute atomic E-state index is 12.1. The van der Waals surface area contributed by atoms with Crippen LogP contribution < -0.4 is 4.72 Å². The average molecular weight is 285 g/mol. The first-order chi connectivity index (χ1) is 8.79. The van der Waals surface area contributed by atoms with E-state index in [9.17, 15) is 13.2 Å². The summed E-state index contributed by atoms with van der Waals surface area (Å²) in [6.45, 7) is 6.71. The number of benzene rings is 1. The van der Waals surface area contributed by atoms with Gasteiger partial charge in [0.2, 0.25) is 10.0 Å². The summed E-state index contributed by atoms with van der Waals surface area (Å²) in [5.74, 6) is -0.749. The van der Waals surface area contributed by atoms with Crippen molar-refractivity contribution in [3.05, 3.63) is 29.3 Å². The number of rotatable bonds is 5. The smallest absolute Gasteiger partial charge is 0.325 e. The number of carbonyl (C=O) groups excluding carboxylic acids is 1. The van der Waals surface area contributed by atoms with Gasteiger partial charge in [-0.1, -0.05) is 18.2 Å². The lowest BCUT2D eigenvalue weighted by Gasteiger charge is -2.16. The first-order valence-electron chi connectivity index (χ1n) is 6.04. The Labute approximate surface area is 114 Å². The molecule has 1 aromatic rings. The second-order valence-electron chi connectivity index (χ2n) is 4.31. The van der Waals surface area contributed by atoms with Gasteiger partial charge in [-0.3, -0.25) is 9.52 Å². The highest BCUT2D eigenvalue weighted by atomic mass is 32.2. The molecule has 0 amide bonds. The number of para-hydroxylation sites is 1. The Balaban J connectivity index is 3.00. The fourth-order valence-corrected chi connectivity index (χ4v) is 2.70. The monoisotopic (exact) mass is 285 g/mol. The predicted octanol–water partition coefficient (Wildman–Crippen LogP) is 2.00. The Morgan fingerprint density at radius 2 is 1.84 bits per heavy atom. The van der Waals surface area contributed by atoms with Gasteiger partial charge >= 0.3 is 5.97 Å². The minimum Gasteiger partial charge on any atom is -0.465 e. The second kappa shape index (κ2) is 6.06. The minimum absolute atomic E-state index is 0.155. The van der Waals surface area contributed by atoms with Crippen LogP contribution in [-0.4, -0.2) is 26.2 Å². The zero-order valence-electron chi connectivity index (χ0n) is 11.6. The molecular formula is C13H19NO4S. The first kappa shape index (κ1) is 15.5. The molecule has 1 aromatic carbocycles. The van der Waals surface area contributed by atoms with Crippen molar-refractivity contribution >= 4 is 21.7 Å². The molecule has 1 N–H and O–H groups in total. The van der Waals surface area contributed by atoms with E-state index in [1.54, 1.807) is 32.9 Å². The predicted molar refractivity (Wildman–Crippen MR) is 74.6 cm³/mol. The number of hydrogen-bond acceptors (Lipinski definition) is 4. The van der Waals surface area contributed by atoms with E-state index in [4.69, 9.17) is 4.74 Å². The molecule has 0 aliphatic rings. The Hall–Kier alpha value is -1.56. The third-order valence-corrected chi connectivity index (χ3v) is 4.42. The third kappa shape index (κ3) is 3.70. The van der Waals surface area contributed by atoms with Crippen molar-refractivity contribution in [3.63, 3.8) is 0 Å². The van der Waals surface area contributed by atoms with Gasteiger partial charge in [0, 0.05) is 0 Å². The molecule has 1 unspecified atom stereocenters. The summed E-state index contributed by atoms with van der Waals surface area (Å²) < 4.78 is 31.4. The summed E-state index contributed by atoms with van der Waals surface area (Å²) >= 11 is 0. The van der Waals surface area contributed by atoms with E-state index in [0.29, 0.717) is 5.69 Å². The van der Waals surface area contributed by atoms with Gasteiger partial charge in [0.25, 0.3) is 0 Å². The molecule has 5 nitrogen and oxygen atoms in total. The summed E-state index contributed by atoms with van der Waals surface area (Å²) in [5, 5.41) is -1.24. The average Bonchev–Trinajstić information content (AvgIpc) is 2.33. The van der Waals surface area contributed by atoms with E-state index in [-0.39, 0.29) is 6.61 Å². The van der Waals surface area contributed by atoms with E-state index in [2.05, 4.69) is 4.72 Å². The molecule has 1 rings (SSSR count). The summed E-state index contributed by atoms with van der Waals surface area (Å²) in [4.78, 5) is 11.5. The van der Waals surface area contributed by atoms with Crippen molar-refractivity contribution in [1.29, 1.82) is 0 Å². The van der Waals surface area contributed by atoms with Gasteiger partial charge in [-0.05, 0) is 38.8 Å². The van der Waals surface area contributed by atoms with E-state index in [1.807, 2.05) is 6.07 Å². The molecule has 0 saturated carbocycles. The number of ether oxygens (including phenoxy) is 1. The van der Waals surface area contributed by atoms with Gasteiger partial charge in [-0.2, -0.15) is 0 Å². The fourth-order valence-electron chi connectivity index (χ4n) is 1.59. The molecule has 0 fully saturated rings. The molecule has 0 radical (unpaired) electrons. The van der Waals surface area contributed by atoms with Crippen molar-refractivity contribution in [2.24, 2.45) is 0 Å². The maximum Gasteiger partial charge on any atom is 0.325 e. The number of aryl methyl sites for hydroxylation is 2. The van der Waals surface area contributed by atoms with E-state index in [0.717, 1.165) is 11.1 Å². The highest BCUT2D eigenvalue weighted by Crippen LogP contribution is 2.22. The Kier molecular flexibility index (Phi) is 4.94. The third-order valence-electron chi connectivity index (χ3n) is 2.81. The minimum atomic E-state index is -3.80. The lowest BCUT2D eigenvalue weighted by molar-refractivity contribution is -0.142. The molecule has 0 bridgehead atoms. The SMILES string of the molecule is CCOC(=O)C(C)S(=O)(=O)Nc1c(C)cccc1C. The lowest BCUT2D eigenvalue weighted by atomic mass is 10.1. The quantitative estimate of drug-likeness (QED) is 0.840. The van der Waals surface area contributed by atoms with Crippen molar-refractivity contribution in [3.8, 4) is 0 Å². The van der Waals surface area contributed by atoms with Crippen LogP contribution >= 0.6 is 0 Å². The molecule has 106 valence electrons. The van der Waals surface area contributed by atoms with Crippen LogP contribution in [0, 0.1) is 13.8 Å². The highest BCUT2D eigenvalue weighted by molar-refractivity contribution is 7.94. The summed E-state index contributed by atoms with van der Waals surface area (Å²) in [5.41, 5.74) is 2.12. The number of carbonyl (C=O) groups is 1. The highest BCUT2D eigenvalue weighted by Gasteiger charge is 2.29. The standard InChI is InChI=1S/C13H19NO4S/c1-5-18-13(15)11(4)19(16,17)14-12-9(2)7-6-8-10(12)3/h6-8,11,14H,5H2,1-4H3. The fraction of sp³-hybridized carbons (Fsp3) is 0.462. The van der Waals surface area contributed by atoms with Crippen molar-refractivity contribution < 1.29 is 17.9 Å². The Morgan fingerprint density at radius 1 is 1.32 bits per heavy atom. The number of sulfonamides is 1. The van der Waals surface area contributed by atoms with Crippen LogP contribution in [0.5, 0.6) is 0 Å². The molecule has 0 aromatic heterocycles. The van der Waals surface area contributed by atoms with Gasteiger partial charge in [-0.25, -0.2) is 8.42 Å². The molecule has 1 atom stereocenters. The Bertz CT molecular complexity index is 546. The van der Waals surface area contributed by atoms with Crippen LogP contribution in [0.25, 0.3) is 0 Å². The van der Waals surface area contributed by atoms with Gasteiger partial charge in [0.05, 0.1) is 12.3 Å². The summed E-state index contributed by atoms with van der Waals surface area (Å²) in [6.07, 6.45) is 0.